The van der Waals surface area contributed by atoms with Gasteiger partial charge in [-0.15, -0.1) is 0 Å². The second-order valence-electron chi connectivity index (χ2n) is 14.0. The Balaban J connectivity index is 1.11. The lowest BCUT2D eigenvalue weighted by Gasteiger charge is -2.13. The number of nitrogens with two attached hydrogens (primary N) is 1. The molecular weight excluding hydrogens is 908 g/mol. The molecule has 21 nitrogen and oxygen atoms in total. The molecule has 5 aromatic carbocycles. The summed E-state index contributed by atoms with van der Waals surface area (Å²) >= 11 is 0. The van der Waals surface area contributed by atoms with Crippen molar-refractivity contribution >= 4 is 96.7 Å². The van der Waals surface area contributed by atoms with Gasteiger partial charge in [0, 0.05) is 54.5 Å². The molecule has 0 saturated heterocycles. The lowest BCUT2D eigenvalue weighted by atomic mass is 10.1. The molecule has 0 atom stereocenters. The Hall–Kier alpha value is -8.16. The first-order valence-electron chi connectivity index (χ1n) is 20.0. The van der Waals surface area contributed by atoms with Gasteiger partial charge in [-0.05, 0) is 83.9 Å². The van der Waals surface area contributed by atoms with E-state index in [-0.39, 0.29) is 83.4 Å². The molecule has 2 heterocycles. The maximum Gasteiger partial charge on any atom is 0.295 e. The van der Waals surface area contributed by atoms with E-state index in [2.05, 4.69) is 67.1 Å². The molecule has 0 aliphatic rings. The minimum atomic E-state index is -4.90. The number of nitrogens with one attached hydrogen (secondary N) is 7. The van der Waals surface area contributed by atoms with Crippen LogP contribution in [0.2, 0.25) is 0 Å². The van der Waals surface area contributed by atoms with Gasteiger partial charge >= 0.3 is 0 Å². The molecule has 0 aliphatic heterocycles. The van der Waals surface area contributed by atoms with Crippen molar-refractivity contribution < 1.29 is 35.1 Å². The van der Waals surface area contributed by atoms with E-state index in [0.29, 0.717) is 17.9 Å². The third kappa shape index (κ3) is 13.4. The molecule has 0 spiro atoms. The zero-order valence-electron chi connectivity index (χ0n) is 34.9. The smallest absolute Gasteiger partial charge is 0.295 e. The summed E-state index contributed by atoms with van der Waals surface area (Å²) in [6.07, 6.45) is 2.49. The van der Waals surface area contributed by atoms with Gasteiger partial charge in [-0.2, -0.15) is 46.7 Å². The summed E-state index contributed by atoms with van der Waals surface area (Å²) < 4.78 is 84.7. The van der Waals surface area contributed by atoms with Gasteiger partial charge in [-0.1, -0.05) is 60.7 Å². The normalized spacial score (nSPS) is 11.5. The van der Waals surface area contributed by atoms with Gasteiger partial charge < -0.3 is 43.0 Å². The minimum absolute atomic E-state index is 0.0161. The van der Waals surface area contributed by atoms with Gasteiger partial charge in [0.05, 0.1) is 0 Å². The number of anilines is 10. The zero-order chi connectivity index (χ0) is 47.4. The van der Waals surface area contributed by atoms with Gasteiger partial charge in [0.25, 0.3) is 26.1 Å². The summed E-state index contributed by atoms with van der Waals surface area (Å²) in [5.74, 6) is -0.429. The molecular formula is C43H41FN14O7S2. The largest absolute Gasteiger partial charge is 0.353 e. The van der Waals surface area contributed by atoms with Crippen LogP contribution in [-0.4, -0.2) is 87.9 Å². The highest BCUT2D eigenvalue weighted by atomic mass is 32.2. The highest BCUT2D eigenvalue weighted by molar-refractivity contribution is 7.86. The van der Waals surface area contributed by atoms with E-state index in [1.54, 1.807) is 36.4 Å². The van der Waals surface area contributed by atoms with Crippen LogP contribution in [0.3, 0.4) is 0 Å². The number of aromatic nitrogens is 6. The van der Waals surface area contributed by atoms with E-state index in [1.165, 1.54) is 60.7 Å². The molecule has 67 heavy (non-hydrogen) atoms. The molecule has 0 unspecified atom stereocenters. The molecule has 0 bridgehead atoms. The standard InChI is InChI=1S/C43H41FN14O7S2/c44-30-17-13-29(14-18-30)37(59)46-23-24-48-39-55-41(50-32-9-5-2-6-10-32)58-43(56-39)52-34-20-16-28(36(26-34)67(63,64)65)12-11-27-15-19-33(25-35(27)66(60,61)62)51-42-54-38(47-22-21-45)53-40(57-42)49-31-7-3-1-4-8-31/h1-20,25-26H,21-24,45H2,(H,46,59)(H,60,61,62)(H,63,64,65)(H3,47,49,51,53,54,57)(H3,48,50,52,55,56,58)/b12-11+. The van der Waals surface area contributed by atoms with Crippen molar-refractivity contribution in [2.45, 2.75) is 9.79 Å². The number of hydrogen-bond acceptors (Lipinski definition) is 18. The van der Waals surface area contributed by atoms with Crippen LogP contribution in [0.4, 0.5) is 62.8 Å². The van der Waals surface area contributed by atoms with Gasteiger partial charge in [-0.3, -0.25) is 13.9 Å². The van der Waals surface area contributed by atoms with Crippen molar-refractivity contribution in [2.24, 2.45) is 5.73 Å². The first-order chi connectivity index (χ1) is 32.2. The molecule has 2 aromatic heterocycles. The number of amides is 1. The number of rotatable bonds is 20. The molecule has 1 amide bonds. The molecule has 7 rings (SSSR count). The predicted molar refractivity (Wildman–Crippen MR) is 252 cm³/mol. The summed E-state index contributed by atoms with van der Waals surface area (Å²) in [5, 5.41) is 20.6. The van der Waals surface area contributed by atoms with Crippen LogP contribution < -0.4 is 43.0 Å². The fourth-order valence-electron chi connectivity index (χ4n) is 6.06. The number of benzene rings is 5. The molecule has 11 N–H and O–H groups in total. The molecule has 24 heteroatoms. The van der Waals surface area contributed by atoms with Crippen LogP contribution in [0.15, 0.2) is 131 Å². The lowest BCUT2D eigenvalue weighted by Crippen LogP contribution is -2.29. The van der Waals surface area contributed by atoms with Crippen LogP contribution in [-0.2, 0) is 20.2 Å². The first-order valence-corrected chi connectivity index (χ1v) is 22.9. The third-order valence-electron chi connectivity index (χ3n) is 9.10. The lowest BCUT2D eigenvalue weighted by molar-refractivity contribution is 0.0955. The third-order valence-corrected chi connectivity index (χ3v) is 10.9. The maximum absolute atomic E-state index is 13.3. The highest BCUT2D eigenvalue weighted by Gasteiger charge is 2.19. The number of halogens is 1. The second kappa shape index (κ2) is 21.2. The molecule has 0 radical (unpaired) electrons. The van der Waals surface area contributed by atoms with E-state index in [9.17, 15) is 35.1 Å². The fourth-order valence-corrected chi connectivity index (χ4v) is 7.48. The van der Waals surface area contributed by atoms with Gasteiger partial charge in [0.15, 0.2) is 0 Å². The van der Waals surface area contributed by atoms with Gasteiger partial charge in [0.1, 0.15) is 15.6 Å². The molecule has 0 aliphatic carbocycles. The number of carbonyl (C=O) groups is 1. The first kappa shape index (κ1) is 46.8. The van der Waals surface area contributed by atoms with E-state index >= 15 is 0 Å². The molecule has 0 fully saturated rings. The van der Waals surface area contributed by atoms with Crippen molar-refractivity contribution in [2.75, 3.05) is 58.1 Å². The van der Waals surface area contributed by atoms with Gasteiger partial charge in [-0.25, -0.2) is 4.39 Å². The summed E-state index contributed by atoms with van der Waals surface area (Å²) in [7, 11) is -9.78. The van der Waals surface area contributed by atoms with E-state index in [0.717, 1.165) is 12.1 Å². The molecule has 7 aromatic rings. The van der Waals surface area contributed by atoms with E-state index in [4.69, 9.17) is 5.73 Å². The Morgan fingerprint density at radius 3 is 1.34 bits per heavy atom. The summed E-state index contributed by atoms with van der Waals surface area (Å²) in [6, 6.07) is 31.0. The predicted octanol–water partition coefficient (Wildman–Crippen LogP) is 6.05. The Morgan fingerprint density at radius 2 is 0.925 bits per heavy atom. The highest BCUT2D eigenvalue weighted by Crippen LogP contribution is 2.29. The molecule has 344 valence electrons. The average molecular weight is 949 g/mol. The van der Waals surface area contributed by atoms with Crippen LogP contribution in [0.5, 0.6) is 0 Å². The SMILES string of the molecule is NCCNc1nc(Nc2ccccc2)nc(Nc2ccc(/C=C/c3ccc(Nc4nc(NCCNC(=O)c5ccc(F)cc5)nc(Nc5ccccc5)n4)cc3S(=O)(=O)O)c(S(=O)(=O)O)c2)n1. The minimum Gasteiger partial charge on any atom is -0.353 e. The number of nitrogens with zero attached hydrogens (tertiary/aromatic N) is 6. The Kier molecular flexibility index (Phi) is 14.8. The Morgan fingerprint density at radius 1 is 0.522 bits per heavy atom. The monoisotopic (exact) mass is 948 g/mol. The van der Waals surface area contributed by atoms with Crippen molar-refractivity contribution in [3.05, 3.63) is 144 Å². The van der Waals surface area contributed by atoms with Crippen LogP contribution in [0, 0.1) is 5.82 Å². The average Bonchev–Trinajstić information content (AvgIpc) is 3.29. The summed E-state index contributed by atoms with van der Waals surface area (Å²) in [6.45, 7) is 0.931. The summed E-state index contributed by atoms with van der Waals surface area (Å²) in [4.78, 5) is 37.6. The second-order valence-corrected chi connectivity index (χ2v) is 16.8. The van der Waals surface area contributed by atoms with Crippen LogP contribution >= 0.6 is 0 Å². The van der Waals surface area contributed by atoms with Crippen molar-refractivity contribution in [3.8, 4) is 0 Å². The maximum atomic E-state index is 13.3. The Bertz CT molecular complexity index is 3120. The molecule has 0 saturated carbocycles. The fraction of sp³-hybridized carbons (Fsp3) is 0.0930. The number of hydrogen-bond donors (Lipinski definition) is 10. The van der Waals surface area contributed by atoms with Gasteiger partial charge in [0.2, 0.25) is 35.7 Å². The van der Waals surface area contributed by atoms with Crippen molar-refractivity contribution in [1.29, 1.82) is 0 Å². The Labute approximate surface area is 383 Å². The topological polar surface area (TPSA) is 313 Å². The van der Waals surface area contributed by atoms with E-state index in [1.807, 2.05) is 24.3 Å². The van der Waals surface area contributed by atoms with E-state index < -0.39 is 41.8 Å². The number of carbonyl (C=O) groups excluding carboxylic acids is 1. The number of para-hydroxylation sites is 2. The quantitative estimate of drug-likeness (QED) is 0.0236. The summed E-state index contributed by atoms with van der Waals surface area (Å²) in [5.41, 5.74) is 7.44. The zero-order valence-corrected chi connectivity index (χ0v) is 36.6. The van der Waals surface area contributed by atoms with Crippen LogP contribution in [0.1, 0.15) is 21.5 Å². The van der Waals surface area contributed by atoms with Crippen molar-refractivity contribution in [1.82, 2.24) is 35.2 Å². The van der Waals surface area contributed by atoms with Crippen molar-refractivity contribution in [3.63, 3.8) is 0 Å². The van der Waals surface area contributed by atoms with Crippen LogP contribution in [0.25, 0.3) is 12.2 Å².